The van der Waals surface area contributed by atoms with Crippen molar-refractivity contribution in [3.8, 4) is 0 Å². The number of carbonyl (C=O) groups is 1. The van der Waals surface area contributed by atoms with Crippen LogP contribution < -0.4 is 10.0 Å². The fourth-order valence-electron chi connectivity index (χ4n) is 1.48. The van der Waals surface area contributed by atoms with E-state index in [1.54, 1.807) is 20.8 Å². The van der Waals surface area contributed by atoms with E-state index in [0.29, 0.717) is 11.3 Å². The van der Waals surface area contributed by atoms with E-state index in [1.165, 1.54) is 18.2 Å². The molecule has 15 heavy (non-hydrogen) atoms. The van der Waals surface area contributed by atoms with Gasteiger partial charge in [0.15, 0.2) is 0 Å². The minimum absolute atomic E-state index is 0.237. The van der Waals surface area contributed by atoms with Crippen molar-refractivity contribution in [1.82, 2.24) is 0 Å². The van der Waals surface area contributed by atoms with Crippen LogP contribution in [0.2, 0.25) is 0 Å². The van der Waals surface area contributed by atoms with Crippen LogP contribution in [-0.4, -0.2) is 12.1 Å². The molecule has 82 valence electrons. The highest BCUT2D eigenvalue weighted by Gasteiger charge is 2.13. The molecule has 1 aromatic rings. The molecule has 0 aliphatic heterocycles. The molecule has 3 nitrogen and oxygen atoms in total. The molecule has 0 heterocycles. The topological polar surface area (TPSA) is 43.4 Å². The van der Waals surface area contributed by atoms with Gasteiger partial charge in [0.1, 0.15) is 11.9 Å². The van der Waals surface area contributed by atoms with E-state index in [2.05, 4.69) is 0 Å². The summed E-state index contributed by atoms with van der Waals surface area (Å²) in [4.78, 5) is 12.0. The number of benzene rings is 1. The number of aryl methyl sites for hydroxylation is 1. The molecule has 0 spiro atoms. The molecule has 0 aromatic heterocycles. The van der Waals surface area contributed by atoms with E-state index in [-0.39, 0.29) is 11.9 Å². The van der Waals surface area contributed by atoms with Gasteiger partial charge in [-0.15, -0.1) is 0 Å². The van der Waals surface area contributed by atoms with E-state index in [0.717, 1.165) is 4.90 Å². The van der Waals surface area contributed by atoms with Crippen molar-refractivity contribution in [3.63, 3.8) is 0 Å². The van der Waals surface area contributed by atoms with Gasteiger partial charge in [-0.3, -0.25) is 0 Å². The predicted molar refractivity (Wildman–Crippen MR) is 54.1 cm³/mol. The molecule has 0 N–H and O–H groups in total. The summed E-state index contributed by atoms with van der Waals surface area (Å²) in [6.45, 7) is 5.13. The molecule has 1 aromatic carbocycles. The van der Waals surface area contributed by atoms with Gasteiger partial charge < -0.3 is 14.8 Å². The predicted octanol–water partition coefficient (Wildman–Crippen LogP) is 1.69. The van der Waals surface area contributed by atoms with Crippen molar-refractivity contribution >= 4 is 11.8 Å². The Balaban J connectivity index is 3.17. The lowest BCUT2D eigenvalue weighted by Crippen LogP contribution is -2.45. The number of halogens is 1. The highest BCUT2D eigenvalue weighted by molar-refractivity contribution is 5.86. The van der Waals surface area contributed by atoms with Crippen molar-refractivity contribution < 1.29 is 14.3 Å². The number of carboxylic acid groups (broad SMARTS) is 1. The standard InChI is InChI=1S/C11H14FNO2/c1-7(2)13(11(14)15)10-5-4-9(12)6-8(10)3/h4-7H,1-3H3,(H,14,15)/p-1. The van der Waals surface area contributed by atoms with Crippen LogP contribution in [-0.2, 0) is 0 Å². The van der Waals surface area contributed by atoms with Crippen LogP contribution in [0.15, 0.2) is 18.2 Å². The second-order valence-corrected chi connectivity index (χ2v) is 3.66. The molecule has 0 fully saturated rings. The lowest BCUT2D eigenvalue weighted by Gasteiger charge is -2.30. The molecular weight excluding hydrogens is 197 g/mol. The van der Waals surface area contributed by atoms with Crippen LogP contribution in [0.4, 0.5) is 14.9 Å². The summed E-state index contributed by atoms with van der Waals surface area (Å²) in [5.74, 6) is -0.377. The first-order valence-electron chi connectivity index (χ1n) is 4.70. The smallest absolute Gasteiger partial charge is 0.141 e. The quantitative estimate of drug-likeness (QED) is 0.745. The lowest BCUT2D eigenvalue weighted by atomic mass is 10.1. The minimum Gasteiger partial charge on any atom is -0.530 e. The summed E-state index contributed by atoms with van der Waals surface area (Å²) >= 11 is 0. The molecule has 0 bridgehead atoms. The minimum atomic E-state index is -1.28. The van der Waals surface area contributed by atoms with Crippen molar-refractivity contribution in [2.24, 2.45) is 0 Å². The third-order valence-corrected chi connectivity index (χ3v) is 2.13. The molecule has 0 unspecified atom stereocenters. The molecular formula is C11H13FNO2-. The van der Waals surface area contributed by atoms with Gasteiger partial charge in [-0.05, 0) is 44.5 Å². The molecule has 1 amide bonds. The van der Waals surface area contributed by atoms with Crippen LogP contribution in [0.1, 0.15) is 19.4 Å². The summed E-state index contributed by atoms with van der Waals surface area (Å²) in [5, 5.41) is 10.9. The third-order valence-electron chi connectivity index (χ3n) is 2.13. The summed E-state index contributed by atoms with van der Waals surface area (Å²) in [6, 6.07) is 3.74. The van der Waals surface area contributed by atoms with E-state index >= 15 is 0 Å². The van der Waals surface area contributed by atoms with Crippen molar-refractivity contribution in [3.05, 3.63) is 29.6 Å². The highest BCUT2D eigenvalue weighted by Crippen LogP contribution is 2.22. The van der Waals surface area contributed by atoms with Gasteiger partial charge in [0, 0.05) is 11.7 Å². The van der Waals surface area contributed by atoms with E-state index in [4.69, 9.17) is 0 Å². The van der Waals surface area contributed by atoms with E-state index in [1.807, 2.05) is 0 Å². The Bertz CT molecular complexity index is 377. The van der Waals surface area contributed by atoms with Gasteiger partial charge >= 0.3 is 0 Å². The van der Waals surface area contributed by atoms with Crippen molar-refractivity contribution in [2.45, 2.75) is 26.8 Å². The van der Waals surface area contributed by atoms with E-state index < -0.39 is 6.09 Å². The lowest BCUT2D eigenvalue weighted by molar-refractivity contribution is -0.247. The number of rotatable bonds is 2. The Morgan fingerprint density at radius 2 is 2.07 bits per heavy atom. The first-order valence-corrected chi connectivity index (χ1v) is 4.70. The molecule has 4 heteroatoms. The molecule has 0 aliphatic carbocycles. The fraction of sp³-hybridized carbons (Fsp3) is 0.364. The van der Waals surface area contributed by atoms with Crippen LogP contribution in [0.25, 0.3) is 0 Å². The van der Waals surface area contributed by atoms with Crippen molar-refractivity contribution in [2.75, 3.05) is 4.90 Å². The third kappa shape index (κ3) is 2.46. The van der Waals surface area contributed by atoms with Crippen LogP contribution in [0.5, 0.6) is 0 Å². The summed E-state index contributed by atoms with van der Waals surface area (Å²) in [7, 11) is 0. The Kier molecular flexibility index (Phi) is 3.29. The Morgan fingerprint density at radius 3 is 2.47 bits per heavy atom. The molecule has 0 saturated heterocycles. The van der Waals surface area contributed by atoms with E-state index in [9.17, 15) is 14.3 Å². The molecule has 0 atom stereocenters. The zero-order valence-corrected chi connectivity index (χ0v) is 8.95. The van der Waals surface area contributed by atoms with Crippen molar-refractivity contribution in [1.29, 1.82) is 0 Å². The average Bonchev–Trinajstić information content (AvgIpc) is 2.08. The first-order chi connectivity index (χ1) is 6.93. The second kappa shape index (κ2) is 4.29. The first kappa shape index (κ1) is 11.5. The molecule has 0 radical (unpaired) electrons. The molecule has 0 saturated carbocycles. The Hall–Kier alpha value is -1.58. The largest absolute Gasteiger partial charge is 0.530 e. The maximum atomic E-state index is 12.8. The SMILES string of the molecule is Cc1cc(F)ccc1N(C(=O)[O-])C(C)C. The highest BCUT2D eigenvalue weighted by atomic mass is 19.1. The normalized spacial score (nSPS) is 10.5. The van der Waals surface area contributed by atoms with Gasteiger partial charge in [0.05, 0.1) is 0 Å². The summed E-state index contributed by atoms with van der Waals surface area (Å²) in [5.41, 5.74) is 1.04. The zero-order chi connectivity index (χ0) is 11.6. The maximum Gasteiger partial charge on any atom is 0.141 e. The van der Waals surface area contributed by atoms with Gasteiger partial charge in [-0.2, -0.15) is 0 Å². The number of anilines is 1. The summed E-state index contributed by atoms with van der Waals surface area (Å²) in [6.07, 6.45) is -1.28. The zero-order valence-electron chi connectivity index (χ0n) is 8.95. The van der Waals surface area contributed by atoms with Gasteiger partial charge in [-0.25, -0.2) is 4.39 Å². The van der Waals surface area contributed by atoms with Crippen LogP contribution in [0.3, 0.4) is 0 Å². The number of hydrogen-bond acceptors (Lipinski definition) is 2. The second-order valence-electron chi connectivity index (χ2n) is 3.66. The monoisotopic (exact) mass is 210 g/mol. The number of amides is 1. The average molecular weight is 210 g/mol. The Labute approximate surface area is 88.1 Å². The summed E-state index contributed by atoms with van der Waals surface area (Å²) < 4.78 is 12.8. The molecule has 1 rings (SSSR count). The van der Waals surface area contributed by atoms with Gasteiger partial charge in [0.2, 0.25) is 0 Å². The Morgan fingerprint density at radius 1 is 1.47 bits per heavy atom. The van der Waals surface area contributed by atoms with Crippen LogP contribution >= 0.6 is 0 Å². The molecule has 0 aliphatic rings. The number of carbonyl (C=O) groups excluding carboxylic acids is 1. The number of nitrogens with zero attached hydrogens (tertiary/aromatic N) is 1. The van der Waals surface area contributed by atoms with Gasteiger partial charge in [0.25, 0.3) is 0 Å². The van der Waals surface area contributed by atoms with Gasteiger partial charge in [-0.1, -0.05) is 0 Å². The number of hydrogen-bond donors (Lipinski definition) is 0. The maximum absolute atomic E-state index is 12.8. The van der Waals surface area contributed by atoms with Crippen LogP contribution in [0, 0.1) is 12.7 Å². The fourth-order valence-corrected chi connectivity index (χ4v) is 1.48.